The van der Waals surface area contributed by atoms with Crippen molar-refractivity contribution < 1.29 is 23.7 Å². The zero-order chi connectivity index (χ0) is 14.5. The van der Waals surface area contributed by atoms with Crippen molar-refractivity contribution in [3.63, 3.8) is 0 Å². The van der Waals surface area contributed by atoms with E-state index in [1.807, 2.05) is 27.7 Å². The third-order valence-electron chi connectivity index (χ3n) is 2.09. The molecule has 114 valence electrons. The van der Waals surface area contributed by atoms with E-state index >= 15 is 0 Å². The highest BCUT2D eigenvalue weighted by Crippen LogP contribution is 1.97. The van der Waals surface area contributed by atoms with Crippen molar-refractivity contribution in [1.29, 1.82) is 0 Å². The molecule has 0 saturated carbocycles. The topological polar surface area (TPSA) is 54.0 Å². The Bertz CT molecular complexity index is 216. The van der Waals surface area contributed by atoms with Crippen LogP contribution in [0.25, 0.3) is 0 Å². The molecule has 0 aliphatic carbocycles. The van der Waals surface area contributed by atoms with Gasteiger partial charge in [0.15, 0.2) is 0 Å². The molecule has 0 aliphatic heterocycles. The Labute approximate surface area is 116 Å². The number of hydrogen-bond acceptors (Lipinski definition) is 5. The molecule has 0 fully saturated rings. The predicted octanol–water partition coefficient (Wildman–Crippen LogP) is 2.18. The van der Waals surface area contributed by atoms with Gasteiger partial charge in [-0.15, -0.1) is 0 Å². The summed E-state index contributed by atoms with van der Waals surface area (Å²) in [6, 6.07) is 0. The highest BCUT2D eigenvalue weighted by molar-refractivity contribution is 5.69. The van der Waals surface area contributed by atoms with Gasteiger partial charge in [0.1, 0.15) is 0 Å². The van der Waals surface area contributed by atoms with E-state index in [0.29, 0.717) is 45.9 Å². The molecular formula is C14H28O5. The summed E-state index contributed by atoms with van der Waals surface area (Å²) in [7, 11) is 0. The van der Waals surface area contributed by atoms with E-state index in [1.54, 1.807) is 0 Å². The van der Waals surface area contributed by atoms with Crippen LogP contribution in [0.5, 0.6) is 0 Å². The maximum Gasteiger partial charge on any atom is 0.306 e. The van der Waals surface area contributed by atoms with Crippen molar-refractivity contribution in [3.8, 4) is 0 Å². The van der Waals surface area contributed by atoms with Gasteiger partial charge in [-0.1, -0.05) is 0 Å². The minimum Gasteiger partial charge on any atom is -0.463 e. The number of ether oxygens (including phenoxy) is 4. The van der Waals surface area contributed by atoms with Crippen LogP contribution >= 0.6 is 0 Å². The van der Waals surface area contributed by atoms with E-state index < -0.39 is 0 Å². The van der Waals surface area contributed by atoms with Gasteiger partial charge in [0.2, 0.25) is 0 Å². The Balaban J connectivity index is 3.13. The van der Waals surface area contributed by atoms with Gasteiger partial charge in [-0.3, -0.25) is 4.79 Å². The van der Waals surface area contributed by atoms with Crippen LogP contribution in [-0.4, -0.2) is 51.2 Å². The first-order chi connectivity index (χ1) is 9.02. The van der Waals surface area contributed by atoms with Crippen molar-refractivity contribution in [1.82, 2.24) is 0 Å². The van der Waals surface area contributed by atoms with Crippen molar-refractivity contribution in [2.75, 3.05) is 33.0 Å². The Morgan fingerprint density at radius 2 is 1.42 bits per heavy atom. The number of esters is 1. The van der Waals surface area contributed by atoms with Crippen LogP contribution in [0.1, 0.15) is 40.5 Å². The van der Waals surface area contributed by atoms with E-state index in [4.69, 9.17) is 18.9 Å². The summed E-state index contributed by atoms with van der Waals surface area (Å²) in [5.74, 6) is -0.166. The van der Waals surface area contributed by atoms with Crippen molar-refractivity contribution in [3.05, 3.63) is 0 Å². The quantitative estimate of drug-likeness (QED) is 0.404. The van der Waals surface area contributed by atoms with E-state index in [0.717, 1.165) is 0 Å². The Morgan fingerprint density at radius 1 is 0.842 bits per heavy atom. The third kappa shape index (κ3) is 15.3. The second kappa shape index (κ2) is 12.4. The van der Waals surface area contributed by atoms with E-state index in [2.05, 4.69) is 0 Å². The van der Waals surface area contributed by atoms with Crippen LogP contribution in [0.2, 0.25) is 0 Å². The molecule has 5 nitrogen and oxygen atoms in total. The summed E-state index contributed by atoms with van der Waals surface area (Å²) < 4.78 is 21.0. The monoisotopic (exact) mass is 276 g/mol. The average molecular weight is 276 g/mol. The minimum absolute atomic E-state index is 0.0464. The zero-order valence-corrected chi connectivity index (χ0v) is 12.6. The van der Waals surface area contributed by atoms with Gasteiger partial charge in [-0.25, -0.2) is 0 Å². The van der Waals surface area contributed by atoms with Gasteiger partial charge in [-0.2, -0.15) is 0 Å². The predicted molar refractivity (Wildman–Crippen MR) is 73.2 cm³/mol. The second-order valence-electron chi connectivity index (χ2n) is 4.79. The van der Waals surface area contributed by atoms with Crippen LogP contribution in [-0.2, 0) is 23.7 Å². The number of carbonyl (C=O) groups is 1. The molecule has 0 rings (SSSR count). The molecule has 0 atom stereocenters. The first-order valence-corrected chi connectivity index (χ1v) is 6.99. The fourth-order valence-corrected chi connectivity index (χ4v) is 1.31. The molecule has 0 amide bonds. The SMILES string of the molecule is CC(C)OCCOCCOCCCC(=O)OC(C)C. The summed E-state index contributed by atoms with van der Waals surface area (Å²) >= 11 is 0. The highest BCUT2D eigenvalue weighted by atomic mass is 16.5. The molecular weight excluding hydrogens is 248 g/mol. The fraction of sp³-hybridized carbons (Fsp3) is 0.929. The number of rotatable bonds is 12. The van der Waals surface area contributed by atoms with Crippen molar-refractivity contribution in [2.24, 2.45) is 0 Å². The maximum absolute atomic E-state index is 11.2. The van der Waals surface area contributed by atoms with E-state index in [1.165, 1.54) is 0 Å². The van der Waals surface area contributed by atoms with Gasteiger partial charge in [0.05, 0.1) is 38.6 Å². The number of carbonyl (C=O) groups excluding carboxylic acids is 1. The van der Waals surface area contributed by atoms with Crippen LogP contribution < -0.4 is 0 Å². The molecule has 0 aliphatic rings. The lowest BCUT2D eigenvalue weighted by atomic mass is 10.3. The molecule has 0 heterocycles. The molecule has 19 heavy (non-hydrogen) atoms. The Morgan fingerprint density at radius 3 is 2.00 bits per heavy atom. The summed E-state index contributed by atoms with van der Waals surface area (Å²) in [5.41, 5.74) is 0. The van der Waals surface area contributed by atoms with Gasteiger partial charge < -0.3 is 18.9 Å². The standard InChI is InChI=1S/C14H28O5/c1-12(2)18-11-10-17-9-8-16-7-5-6-14(15)19-13(3)4/h12-13H,5-11H2,1-4H3. The van der Waals surface area contributed by atoms with Crippen LogP contribution in [0.4, 0.5) is 0 Å². The fourth-order valence-electron chi connectivity index (χ4n) is 1.31. The Hall–Kier alpha value is -0.650. The van der Waals surface area contributed by atoms with Crippen molar-refractivity contribution >= 4 is 5.97 Å². The summed E-state index contributed by atoms with van der Waals surface area (Å²) in [6.07, 6.45) is 1.28. The van der Waals surface area contributed by atoms with Gasteiger partial charge in [-0.05, 0) is 34.1 Å². The maximum atomic E-state index is 11.2. The first-order valence-electron chi connectivity index (χ1n) is 6.99. The largest absolute Gasteiger partial charge is 0.463 e. The Kier molecular flexibility index (Phi) is 12.0. The molecule has 0 aromatic heterocycles. The lowest BCUT2D eigenvalue weighted by Crippen LogP contribution is -2.13. The van der Waals surface area contributed by atoms with Gasteiger partial charge in [0.25, 0.3) is 0 Å². The molecule has 0 unspecified atom stereocenters. The molecule has 0 bridgehead atoms. The van der Waals surface area contributed by atoms with Crippen LogP contribution in [0, 0.1) is 0 Å². The molecule has 0 N–H and O–H groups in total. The lowest BCUT2D eigenvalue weighted by molar-refractivity contribution is -0.147. The van der Waals surface area contributed by atoms with E-state index in [9.17, 15) is 4.79 Å². The zero-order valence-electron chi connectivity index (χ0n) is 12.6. The second-order valence-corrected chi connectivity index (χ2v) is 4.79. The molecule has 0 radical (unpaired) electrons. The van der Waals surface area contributed by atoms with E-state index in [-0.39, 0.29) is 18.2 Å². The normalized spacial score (nSPS) is 11.3. The summed E-state index contributed by atoms with van der Waals surface area (Å²) in [5, 5.41) is 0. The lowest BCUT2D eigenvalue weighted by Gasteiger charge is -2.09. The first kappa shape index (κ1) is 18.4. The minimum atomic E-state index is -0.166. The van der Waals surface area contributed by atoms with Gasteiger partial charge >= 0.3 is 5.97 Å². The smallest absolute Gasteiger partial charge is 0.306 e. The molecule has 0 aromatic rings. The van der Waals surface area contributed by atoms with Crippen LogP contribution in [0.15, 0.2) is 0 Å². The molecule has 0 saturated heterocycles. The average Bonchev–Trinajstić information content (AvgIpc) is 2.30. The highest BCUT2D eigenvalue weighted by Gasteiger charge is 2.04. The summed E-state index contributed by atoms with van der Waals surface area (Å²) in [4.78, 5) is 11.2. The summed E-state index contributed by atoms with van der Waals surface area (Å²) in [6.45, 7) is 10.5. The number of hydrogen-bond donors (Lipinski definition) is 0. The van der Waals surface area contributed by atoms with Crippen molar-refractivity contribution in [2.45, 2.75) is 52.7 Å². The molecule has 0 aromatic carbocycles. The van der Waals surface area contributed by atoms with Gasteiger partial charge in [0, 0.05) is 13.0 Å². The molecule has 0 spiro atoms. The van der Waals surface area contributed by atoms with Crippen LogP contribution in [0.3, 0.4) is 0 Å². The third-order valence-corrected chi connectivity index (χ3v) is 2.09. The molecule has 5 heteroatoms.